The zero-order chi connectivity index (χ0) is 11.9. The lowest BCUT2D eigenvalue weighted by Crippen LogP contribution is -2.44. The van der Waals surface area contributed by atoms with Gasteiger partial charge in [-0.05, 0) is 30.9 Å². The lowest BCUT2D eigenvalue weighted by molar-refractivity contribution is 0.0566. The quantitative estimate of drug-likeness (QED) is 0.478. The van der Waals surface area contributed by atoms with Crippen LogP contribution in [0.25, 0.3) is 0 Å². The van der Waals surface area contributed by atoms with E-state index in [0.29, 0.717) is 12.0 Å². The number of benzene rings is 1. The molecule has 0 amide bonds. The van der Waals surface area contributed by atoms with Crippen LogP contribution in [-0.4, -0.2) is 25.0 Å². The molecule has 0 aromatic heterocycles. The van der Waals surface area contributed by atoms with Crippen molar-refractivity contribution < 1.29 is 4.74 Å². The third kappa shape index (κ3) is 4.00. The van der Waals surface area contributed by atoms with Crippen LogP contribution in [0.2, 0.25) is 0 Å². The summed E-state index contributed by atoms with van der Waals surface area (Å²) in [5.74, 6) is 7.33. The highest BCUT2D eigenvalue weighted by molar-refractivity contribution is 7.99. The Bertz CT molecular complexity index is 314. The summed E-state index contributed by atoms with van der Waals surface area (Å²) in [7, 11) is 0. The van der Waals surface area contributed by atoms with Gasteiger partial charge in [0.15, 0.2) is 0 Å². The van der Waals surface area contributed by atoms with Crippen LogP contribution < -0.4 is 11.3 Å². The fraction of sp³-hybridized carbons (Fsp3) is 0.538. The summed E-state index contributed by atoms with van der Waals surface area (Å²) in [6.07, 6.45) is 2.23. The molecule has 3 nitrogen and oxygen atoms in total. The minimum atomic E-state index is 0.379. The van der Waals surface area contributed by atoms with Gasteiger partial charge in [0.2, 0.25) is 0 Å². The molecule has 1 aliphatic rings. The van der Waals surface area contributed by atoms with E-state index >= 15 is 0 Å². The van der Waals surface area contributed by atoms with Gasteiger partial charge in [-0.1, -0.05) is 18.2 Å². The minimum absolute atomic E-state index is 0.379. The second-order valence-electron chi connectivity index (χ2n) is 4.35. The molecule has 1 fully saturated rings. The lowest BCUT2D eigenvalue weighted by atomic mass is 9.93. The molecular weight excluding hydrogens is 232 g/mol. The molecule has 1 aliphatic heterocycles. The summed E-state index contributed by atoms with van der Waals surface area (Å²) in [5.41, 5.74) is 2.97. The number of thioether (sulfide) groups is 1. The second-order valence-corrected chi connectivity index (χ2v) is 5.44. The third-order valence-electron chi connectivity index (χ3n) is 3.22. The van der Waals surface area contributed by atoms with Crippen LogP contribution in [0, 0.1) is 5.92 Å². The number of ether oxygens (including phenoxy) is 1. The van der Waals surface area contributed by atoms with Gasteiger partial charge in [-0.25, -0.2) is 0 Å². The Morgan fingerprint density at radius 2 is 2.00 bits per heavy atom. The first-order chi connectivity index (χ1) is 8.40. The molecule has 0 radical (unpaired) electrons. The third-order valence-corrected chi connectivity index (χ3v) is 4.35. The van der Waals surface area contributed by atoms with Gasteiger partial charge < -0.3 is 4.74 Å². The molecule has 1 aromatic carbocycles. The van der Waals surface area contributed by atoms with Crippen molar-refractivity contribution in [1.82, 2.24) is 5.43 Å². The minimum Gasteiger partial charge on any atom is -0.381 e. The van der Waals surface area contributed by atoms with Crippen LogP contribution in [0.15, 0.2) is 35.2 Å². The van der Waals surface area contributed by atoms with Crippen LogP contribution in [-0.2, 0) is 4.74 Å². The van der Waals surface area contributed by atoms with Crippen molar-refractivity contribution in [3.8, 4) is 0 Å². The number of nitrogens with one attached hydrogen (secondary N) is 1. The average molecular weight is 252 g/mol. The number of hydrogen-bond acceptors (Lipinski definition) is 4. The Hall–Kier alpha value is -0.550. The molecule has 0 bridgehead atoms. The maximum absolute atomic E-state index is 5.66. The van der Waals surface area contributed by atoms with Crippen molar-refractivity contribution in [2.75, 3.05) is 19.0 Å². The molecule has 0 aliphatic carbocycles. The maximum Gasteiger partial charge on any atom is 0.0469 e. The van der Waals surface area contributed by atoms with E-state index in [-0.39, 0.29) is 0 Å². The van der Waals surface area contributed by atoms with E-state index in [9.17, 15) is 0 Å². The number of hydrazine groups is 1. The van der Waals surface area contributed by atoms with Crippen LogP contribution in [0.5, 0.6) is 0 Å². The standard InChI is InChI=1S/C13H20N2OS/c14-15-13(11-6-8-16-9-7-11)10-17-12-4-2-1-3-5-12/h1-5,11,13,15H,6-10,14H2. The van der Waals surface area contributed by atoms with Crippen LogP contribution in [0.3, 0.4) is 0 Å². The number of rotatable bonds is 5. The van der Waals surface area contributed by atoms with Gasteiger partial charge in [0.1, 0.15) is 0 Å². The molecule has 1 saturated heterocycles. The van der Waals surface area contributed by atoms with Crippen molar-refractivity contribution in [2.24, 2.45) is 11.8 Å². The highest BCUT2D eigenvalue weighted by atomic mass is 32.2. The van der Waals surface area contributed by atoms with Gasteiger partial charge in [-0.2, -0.15) is 0 Å². The Balaban J connectivity index is 1.82. The zero-order valence-corrected chi connectivity index (χ0v) is 10.8. The second kappa shape index (κ2) is 7.01. The first-order valence-corrected chi connectivity index (χ1v) is 7.10. The molecule has 0 spiro atoms. The monoisotopic (exact) mass is 252 g/mol. The largest absolute Gasteiger partial charge is 0.381 e. The summed E-state index contributed by atoms with van der Waals surface area (Å²) in [4.78, 5) is 1.31. The van der Waals surface area contributed by atoms with E-state index in [1.807, 2.05) is 17.8 Å². The van der Waals surface area contributed by atoms with Crippen molar-refractivity contribution in [2.45, 2.75) is 23.8 Å². The van der Waals surface area contributed by atoms with Crippen LogP contribution >= 0.6 is 11.8 Å². The molecule has 1 unspecified atom stereocenters. The Morgan fingerprint density at radius 1 is 1.29 bits per heavy atom. The predicted octanol–water partition coefficient (Wildman–Crippen LogP) is 2.04. The van der Waals surface area contributed by atoms with Gasteiger partial charge in [0, 0.05) is 29.9 Å². The SMILES string of the molecule is NNC(CSc1ccccc1)C1CCOCC1. The molecule has 1 atom stereocenters. The summed E-state index contributed by atoms with van der Waals surface area (Å²) < 4.78 is 5.38. The van der Waals surface area contributed by atoms with Crippen LogP contribution in [0.4, 0.5) is 0 Å². The van der Waals surface area contributed by atoms with Gasteiger partial charge in [-0.3, -0.25) is 11.3 Å². The summed E-state index contributed by atoms with van der Waals surface area (Å²) in [5, 5.41) is 0. The fourth-order valence-electron chi connectivity index (χ4n) is 2.14. The lowest BCUT2D eigenvalue weighted by Gasteiger charge is -2.29. The van der Waals surface area contributed by atoms with Gasteiger partial charge >= 0.3 is 0 Å². The predicted molar refractivity (Wildman–Crippen MR) is 71.8 cm³/mol. The summed E-state index contributed by atoms with van der Waals surface area (Å²) in [6, 6.07) is 10.8. The van der Waals surface area contributed by atoms with Crippen molar-refractivity contribution in [3.05, 3.63) is 30.3 Å². The van der Waals surface area contributed by atoms with E-state index in [4.69, 9.17) is 10.6 Å². The summed E-state index contributed by atoms with van der Waals surface area (Å²) in [6.45, 7) is 1.75. The average Bonchev–Trinajstić information content (AvgIpc) is 2.42. The van der Waals surface area contributed by atoms with Gasteiger partial charge in [0.05, 0.1) is 0 Å². The first-order valence-electron chi connectivity index (χ1n) is 6.12. The van der Waals surface area contributed by atoms with E-state index in [0.717, 1.165) is 31.8 Å². The Morgan fingerprint density at radius 3 is 2.65 bits per heavy atom. The van der Waals surface area contributed by atoms with Crippen molar-refractivity contribution in [1.29, 1.82) is 0 Å². The highest BCUT2D eigenvalue weighted by Gasteiger charge is 2.22. The molecule has 17 heavy (non-hydrogen) atoms. The van der Waals surface area contributed by atoms with Crippen molar-refractivity contribution >= 4 is 11.8 Å². The Labute approximate surface area is 107 Å². The smallest absolute Gasteiger partial charge is 0.0469 e. The van der Waals surface area contributed by atoms with E-state index in [2.05, 4.69) is 29.7 Å². The normalized spacial score (nSPS) is 19.1. The fourth-order valence-corrected chi connectivity index (χ4v) is 3.23. The zero-order valence-electron chi connectivity index (χ0n) is 9.97. The molecule has 94 valence electrons. The molecular formula is C13H20N2OS. The molecule has 3 N–H and O–H groups in total. The van der Waals surface area contributed by atoms with E-state index in [1.165, 1.54) is 4.90 Å². The molecule has 1 heterocycles. The molecule has 0 saturated carbocycles. The topological polar surface area (TPSA) is 47.3 Å². The molecule has 1 aromatic rings. The number of hydrogen-bond donors (Lipinski definition) is 2. The first kappa shape index (κ1) is 12.9. The molecule has 4 heteroatoms. The van der Waals surface area contributed by atoms with Crippen molar-refractivity contribution in [3.63, 3.8) is 0 Å². The van der Waals surface area contributed by atoms with Gasteiger partial charge in [-0.15, -0.1) is 11.8 Å². The Kier molecular flexibility index (Phi) is 5.32. The van der Waals surface area contributed by atoms with E-state index in [1.54, 1.807) is 0 Å². The highest BCUT2D eigenvalue weighted by Crippen LogP contribution is 2.24. The van der Waals surface area contributed by atoms with E-state index < -0.39 is 0 Å². The van der Waals surface area contributed by atoms with Gasteiger partial charge in [0.25, 0.3) is 0 Å². The number of nitrogens with two attached hydrogens (primary N) is 1. The maximum atomic E-state index is 5.66. The van der Waals surface area contributed by atoms with Crippen LogP contribution in [0.1, 0.15) is 12.8 Å². The summed E-state index contributed by atoms with van der Waals surface area (Å²) >= 11 is 1.86. The molecule has 2 rings (SSSR count).